The van der Waals surface area contributed by atoms with Crippen LogP contribution in [-0.4, -0.2) is 58.2 Å². The predicted molar refractivity (Wildman–Crippen MR) is 186 cm³/mol. The number of aromatic nitrogens is 3. The highest BCUT2D eigenvalue weighted by molar-refractivity contribution is 6.33. The molecule has 1 saturated heterocycles. The van der Waals surface area contributed by atoms with Gasteiger partial charge in [-0.05, 0) is 92.1 Å². The second-order valence-electron chi connectivity index (χ2n) is 12.0. The number of hydrogen-bond donors (Lipinski definition) is 1. The van der Waals surface area contributed by atoms with Gasteiger partial charge in [0.15, 0.2) is 0 Å². The summed E-state index contributed by atoms with van der Waals surface area (Å²) in [6.45, 7) is 1.72. The van der Waals surface area contributed by atoms with Gasteiger partial charge in [0.2, 0.25) is 5.91 Å². The molecule has 3 heterocycles. The van der Waals surface area contributed by atoms with Crippen molar-refractivity contribution in [2.24, 2.45) is 0 Å². The number of amides is 1. The van der Waals surface area contributed by atoms with Gasteiger partial charge < -0.3 is 15.0 Å². The monoisotopic (exact) mass is 700 g/mol. The Kier molecular flexibility index (Phi) is 9.83. The standard InChI is InChI=1S/C36H31Cl2FN6O4/c1-43-9-7-26(8-10-43)42-33(46)13-21-3-5-29(38)28(12-21)23-14-31-34(32(15-23)49-2)35(47)45(27-16-25(37)18-41-19-27)36(48)44(31)20-22-4-6-30(39)24(11-22)17-40/h3-6,11-12,14-16,18-19,26H,7-10,13,20H2,1-2H3,(H,42,46). The molecule has 1 aliphatic rings. The van der Waals surface area contributed by atoms with Gasteiger partial charge in [0.05, 0.1) is 48.1 Å². The van der Waals surface area contributed by atoms with Crippen molar-refractivity contribution < 1.29 is 13.9 Å². The predicted octanol–water partition coefficient (Wildman–Crippen LogP) is 5.34. The number of carbonyl (C=O) groups excluding carboxylic acids is 1. The Bertz CT molecular complexity index is 2260. The molecule has 250 valence electrons. The molecule has 1 N–H and O–H groups in total. The quantitative estimate of drug-likeness (QED) is 0.232. The first kappa shape index (κ1) is 33.9. The molecule has 0 saturated carbocycles. The Morgan fingerprint density at radius 2 is 1.82 bits per heavy atom. The Morgan fingerprint density at radius 3 is 2.53 bits per heavy atom. The maximum absolute atomic E-state index is 14.2. The SMILES string of the molecule is COc1cc(-c2cc(CC(=O)NC3CCN(C)CC3)ccc2Cl)cc2c1c(=O)n(-c1cncc(Cl)c1)c(=O)n2Cc1ccc(F)c(C#N)c1. The Morgan fingerprint density at radius 1 is 1.06 bits per heavy atom. The average molecular weight is 702 g/mol. The highest BCUT2D eigenvalue weighted by Gasteiger charge is 2.22. The van der Waals surface area contributed by atoms with Crippen molar-refractivity contribution in [2.45, 2.75) is 31.8 Å². The number of benzene rings is 3. The molecular formula is C36H31Cl2FN6O4. The van der Waals surface area contributed by atoms with Crippen molar-refractivity contribution in [3.63, 3.8) is 0 Å². The zero-order valence-electron chi connectivity index (χ0n) is 26.7. The Hall–Kier alpha value is -5.02. The molecule has 10 nitrogen and oxygen atoms in total. The lowest BCUT2D eigenvalue weighted by Gasteiger charge is -2.29. The number of pyridine rings is 1. The van der Waals surface area contributed by atoms with Crippen LogP contribution in [0.1, 0.15) is 29.5 Å². The van der Waals surface area contributed by atoms with E-state index < -0.39 is 17.1 Å². The minimum Gasteiger partial charge on any atom is -0.496 e. The fraction of sp³-hybridized carbons (Fsp3) is 0.250. The second-order valence-corrected chi connectivity index (χ2v) is 12.8. The summed E-state index contributed by atoms with van der Waals surface area (Å²) in [7, 11) is 3.47. The normalized spacial score (nSPS) is 13.7. The van der Waals surface area contributed by atoms with Gasteiger partial charge in [0.25, 0.3) is 5.56 Å². The van der Waals surface area contributed by atoms with E-state index in [2.05, 4.69) is 22.2 Å². The summed E-state index contributed by atoms with van der Waals surface area (Å²) in [5.74, 6) is -0.634. The summed E-state index contributed by atoms with van der Waals surface area (Å²) in [5, 5.41) is 13.2. The number of ether oxygens (including phenoxy) is 1. The van der Waals surface area contributed by atoms with Crippen LogP contribution in [-0.2, 0) is 17.8 Å². The highest BCUT2D eigenvalue weighted by atomic mass is 35.5. The van der Waals surface area contributed by atoms with Crippen molar-refractivity contribution in [2.75, 3.05) is 27.2 Å². The highest BCUT2D eigenvalue weighted by Crippen LogP contribution is 2.35. The first-order valence-corrected chi connectivity index (χ1v) is 16.3. The molecule has 0 atom stereocenters. The molecule has 6 rings (SSSR count). The van der Waals surface area contributed by atoms with Gasteiger partial charge in [-0.3, -0.25) is 19.1 Å². The van der Waals surface area contributed by atoms with Crippen LogP contribution in [0.25, 0.3) is 27.7 Å². The van der Waals surface area contributed by atoms with E-state index in [1.54, 1.807) is 30.3 Å². The second kappa shape index (κ2) is 14.2. The molecular weight excluding hydrogens is 670 g/mol. The number of piperidine rings is 1. The molecule has 0 aliphatic carbocycles. The van der Waals surface area contributed by atoms with Crippen LogP contribution in [0.2, 0.25) is 10.0 Å². The number of nitriles is 1. The minimum absolute atomic E-state index is 0.0817. The fourth-order valence-electron chi connectivity index (χ4n) is 6.13. The molecule has 0 spiro atoms. The van der Waals surface area contributed by atoms with E-state index in [9.17, 15) is 24.0 Å². The van der Waals surface area contributed by atoms with Crippen molar-refractivity contribution in [1.29, 1.82) is 5.26 Å². The van der Waals surface area contributed by atoms with Gasteiger partial charge in [-0.15, -0.1) is 0 Å². The number of rotatable bonds is 8. The smallest absolute Gasteiger partial charge is 0.336 e. The molecule has 3 aromatic carbocycles. The largest absolute Gasteiger partial charge is 0.496 e. The maximum Gasteiger partial charge on any atom is 0.336 e. The topological polar surface area (TPSA) is 122 Å². The van der Waals surface area contributed by atoms with E-state index in [0.717, 1.165) is 42.1 Å². The van der Waals surface area contributed by atoms with E-state index in [-0.39, 0.29) is 57.8 Å². The van der Waals surface area contributed by atoms with Crippen LogP contribution in [0.3, 0.4) is 0 Å². The number of hydrogen-bond acceptors (Lipinski definition) is 7. The molecule has 1 aliphatic heterocycles. The van der Waals surface area contributed by atoms with E-state index in [1.165, 1.54) is 42.3 Å². The van der Waals surface area contributed by atoms with Crippen LogP contribution in [0, 0.1) is 17.1 Å². The number of nitrogens with one attached hydrogen (secondary N) is 1. The van der Waals surface area contributed by atoms with E-state index in [4.69, 9.17) is 27.9 Å². The number of nitrogens with zero attached hydrogens (tertiary/aromatic N) is 5. The van der Waals surface area contributed by atoms with Gasteiger partial charge in [-0.1, -0.05) is 35.3 Å². The number of halogens is 3. The van der Waals surface area contributed by atoms with Gasteiger partial charge in [-0.25, -0.2) is 13.8 Å². The summed E-state index contributed by atoms with van der Waals surface area (Å²) in [4.78, 5) is 47.6. The maximum atomic E-state index is 14.2. The van der Waals surface area contributed by atoms with Crippen molar-refractivity contribution in [3.05, 3.63) is 120 Å². The van der Waals surface area contributed by atoms with Gasteiger partial charge in [0, 0.05) is 22.8 Å². The molecule has 1 fully saturated rings. The summed E-state index contributed by atoms with van der Waals surface area (Å²) < 4.78 is 22.2. The lowest BCUT2D eigenvalue weighted by atomic mass is 9.99. The van der Waals surface area contributed by atoms with Gasteiger partial charge >= 0.3 is 5.69 Å². The summed E-state index contributed by atoms with van der Waals surface area (Å²) in [6.07, 6.45) is 4.62. The molecule has 5 aromatic rings. The molecule has 49 heavy (non-hydrogen) atoms. The first-order chi connectivity index (χ1) is 23.6. The van der Waals surface area contributed by atoms with Crippen LogP contribution < -0.4 is 21.3 Å². The molecule has 13 heteroatoms. The third-order valence-electron chi connectivity index (χ3n) is 8.66. The first-order valence-electron chi connectivity index (χ1n) is 15.5. The molecule has 0 bridgehead atoms. The lowest BCUT2D eigenvalue weighted by Crippen LogP contribution is -2.43. The van der Waals surface area contributed by atoms with Crippen LogP contribution in [0.4, 0.5) is 4.39 Å². The van der Waals surface area contributed by atoms with E-state index in [0.29, 0.717) is 21.7 Å². The number of likely N-dealkylation sites (tertiary alicyclic amines) is 1. The zero-order valence-corrected chi connectivity index (χ0v) is 28.2. The van der Waals surface area contributed by atoms with Gasteiger partial charge in [0.1, 0.15) is 23.0 Å². The number of fused-ring (bicyclic) bond motifs is 1. The Balaban J connectivity index is 1.49. The van der Waals surface area contributed by atoms with Gasteiger partial charge in [-0.2, -0.15) is 5.26 Å². The summed E-state index contributed by atoms with van der Waals surface area (Å²) >= 11 is 12.9. The lowest BCUT2D eigenvalue weighted by molar-refractivity contribution is -0.121. The van der Waals surface area contributed by atoms with Crippen molar-refractivity contribution in [1.82, 2.24) is 24.3 Å². The van der Waals surface area contributed by atoms with E-state index in [1.807, 2.05) is 6.07 Å². The van der Waals surface area contributed by atoms with Crippen LogP contribution >= 0.6 is 23.2 Å². The zero-order chi connectivity index (χ0) is 34.8. The fourth-order valence-corrected chi connectivity index (χ4v) is 6.53. The average Bonchev–Trinajstić information content (AvgIpc) is 3.08. The van der Waals surface area contributed by atoms with Crippen molar-refractivity contribution in [3.8, 4) is 28.6 Å². The minimum atomic E-state index is -0.728. The van der Waals surface area contributed by atoms with Crippen molar-refractivity contribution >= 4 is 40.0 Å². The third kappa shape index (κ3) is 7.08. The number of methoxy groups -OCH3 is 1. The summed E-state index contributed by atoms with van der Waals surface area (Å²) in [5.41, 5.74) is 0.996. The molecule has 2 aromatic heterocycles. The Labute approximate surface area is 290 Å². The molecule has 0 unspecified atom stereocenters. The van der Waals surface area contributed by atoms with E-state index >= 15 is 0 Å². The summed E-state index contributed by atoms with van der Waals surface area (Å²) in [6, 6.07) is 15.9. The van der Waals surface area contributed by atoms with Crippen LogP contribution in [0.15, 0.2) is 76.6 Å². The number of carbonyl (C=O) groups is 1. The molecule has 0 radical (unpaired) electrons. The third-order valence-corrected chi connectivity index (χ3v) is 9.20. The van der Waals surface area contributed by atoms with Crippen LogP contribution in [0.5, 0.6) is 5.75 Å². The molecule has 1 amide bonds.